The maximum absolute atomic E-state index is 6.63. The van der Waals surface area contributed by atoms with E-state index in [-0.39, 0.29) is 0 Å². The van der Waals surface area contributed by atoms with Crippen molar-refractivity contribution in [2.24, 2.45) is 0 Å². The molecule has 0 spiro atoms. The van der Waals surface area contributed by atoms with E-state index in [0.29, 0.717) is 0 Å². The minimum Gasteiger partial charge on any atom is -0.497 e. The number of ether oxygens (including phenoxy) is 1. The van der Waals surface area contributed by atoms with Gasteiger partial charge in [-0.3, -0.25) is 0 Å². The van der Waals surface area contributed by atoms with Crippen molar-refractivity contribution in [3.8, 4) is 11.4 Å². The van der Waals surface area contributed by atoms with Crippen molar-refractivity contribution < 1.29 is 4.74 Å². The maximum atomic E-state index is 6.63. The van der Waals surface area contributed by atoms with Crippen LogP contribution in [0.5, 0.6) is 5.75 Å². The summed E-state index contributed by atoms with van der Waals surface area (Å²) >= 11 is 6.63. The van der Waals surface area contributed by atoms with Crippen LogP contribution in [0, 0.1) is 6.92 Å². The lowest BCUT2D eigenvalue weighted by atomic mass is 10.0. The fourth-order valence-corrected chi connectivity index (χ4v) is 4.05. The Labute approximate surface area is 165 Å². The van der Waals surface area contributed by atoms with Crippen molar-refractivity contribution in [1.82, 2.24) is 15.1 Å². The Morgan fingerprint density at radius 1 is 1.15 bits per heavy atom. The molecule has 1 N–H and O–H groups in total. The molecule has 3 aromatic rings. The largest absolute Gasteiger partial charge is 0.497 e. The SMILES string of the molecule is COc1cccc(Cc2cc(C)n(-c3c(Cl)ccc4c3CCNCC4)n2)c1. The van der Waals surface area contributed by atoms with Gasteiger partial charge in [0.15, 0.2) is 0 Å². The van der Waals surface area contributed by atoms with Crippen LogP contribution in [0.15, 0.2) is 42.5 Å². The van der Waals surface area contributed by atoms with Gasteiger partial charge in [0.25, 0.3) is 0 Å². The molecule has 27 heavy (non-hydrogen) atoms. The third kappa shape index (κ3) is 3.73. The van der Waals surface area contributed by atoms with Crippen LogP contribution in [0.4, 0.5) is 0 Å². The van der Waals surface area contributed by atoms with Gasteiger partial charge in [0, 0.05) is 12.1 Å². The molecule has 0 amide bonds. The molecule has 140 valence electrons. The van der Waals surface area contributed by atoms with Crippen LogP contribution in [-0.2, 0) is 19.3 Å². The van der Waals surface area contributed by atoms with Gasteiger partial charge in [-0.1, -0.05) is 29.8 Å². The zero-order chi connectivity index (χ0) is 18.8. The Bertz CT molecular complexity index is 964. The van der Waals surface area contributed by atoms with E-state index in [9.17, 15) is 0 Å². The summed E-state index contributed by atoms with van der Waals surface area (Å²) in [6.07, 6.45) is 2.76. The van der Waals surface area contributed by atoms with Crippen molar-refractivity contribution in [3.05, 3.63) is 75.6 Å². The van der Waals surface area contributed by atoms with E-state index in [4.69, 9.17) is 21.4 Å². The highest BCUT2D eigenvalue weighted by Gasteiger charge is 2.18. The highest BCUT2D eigenvalue weighted by atomic mass is 35.5. The third-order valence-electron chi connectivity index (χ3n) is 5.12. The summed E-state index contributed by atoms with van der Waals surface area (Å²) in [5.74, 6) is 0.868. The molecular formula is C22H24ClN3O. The van der Waals surface area contributed by atoms with Crippen molar-refractivity contribution >= 4 is 11.6 Å². The van der Waals surface area contributed by atoms with Gasteiger partial charge in [0.05, 0.1) is 23.5 Å². The molecule has 0 fully saturated rings. The highest BCUT2D eigenvalue weighted by Crippen LogP contribution is 2.30. The van der Waals surface area contributed by atoms with E-state index in [2.05, 4.69) is 36.5 Å². The molecule has 0 unspecified atom stereocenters. The molecule has 1 aliphatic heterocycles. The third-order valence-corrected chi connectivity index (χ3v) is 5.43. The first-order chi connectivity index (χ1) is 13.2. The predicted molar refractivity (Wildman–Crippen MR) is 109 cm³/mol. The quantitative estimate of drug-likeness (QED) is 0.738. The Balaban J connectivity index is 1.72. The first kappa shape index (κ1) is 18.1. The molecular weight excluding hydrogens is 358 g/mol. The van der Waals surface area contributed by atoms with Gasteiger partial charge in [0.2, 0.25) is 0 Å². The molecule has 0 atom stereocenters. The summed E-state index contributed by atoms with van der Waals surface area (Å²) in [6, 6.07) is 14.4. The first-order valence-corrected chi connectivity index (χ1v) is 9.73. The molecule has 2 heterocycles. The number of benzene rings is 2. The predicted octanol–water partition coefficient (Wildman–Crippen LogP) is 4.12. The highest BCUT2D eigenvalue weighted by molar-refractivity contribution is 6.32. The Morgan fingerprint density at radius 2 is 2.00 bits per heavy atom. The van der Waals surface area contributed by atoms with Crippen LogP contribution in [0.25, 0.3) is 5.69 Å². The van der Waals surface area contributed by atoms with E-state index in [1.54, 1.807) is 7.11 Å². The summed E-state index contributed by atoms with van der Waals surface area (Å²) in [4.78, 5) is 0. The standard InChI is InChI=1S/C22H24ClN3O/c1-15-12-18(13-16-4-3-5-19(14-16)27-2)25-26(15)22-20-9-11-24-10-8-17(20)6-7-21(22)23/h3-7,12,14,24H,8-11,13H2,1-2H3. The molecule has 1 aliphatic rings. The lowest BCUT2D eigenvalue weighted by molar-refractivity contribution is 0.414. The van der Waals surface area contributed by atoms with E-state index in [1.165, 1.54) is 16.7 Å². The summed E-state index contributed by atoms with van der Waals surface area (Å²) in [7, 11) is 1.69. The summed E-state index contributed by atoms with van der Waals surface area (Å²) < 4.78 is 7.35. The molecule has 0 saturated carbocycles. The molecule has 5 heteroatoms. The number of halogens is 1. The summed E-state index contributed by atoms with van der Waals surface area (Å²) in [5.41, 5.74) is 7.02. The van der Waals surface area contributed by atoms with Crippen LogP contribution in [0.1, 0.15) is 28.1 Å². The molecule has 4 rings (SSSR count). The van der Waals surface area contributed by atoms with E-state index >= 15 is 0 Å². The van der Waals surface area contributed by atoms with Gasteiger partial charge in [0.1, 0.15) is 5.75 Å². The number of aromatic nitrogens is 2. The van der Waals surface area contributed by atoms with Crippen molar-refractivity contribution in [1.29, 1.82) is 0 Å². The van der Waals surface area contributed by atoms with Gasteiger partial charge >= 0.3 is 0 Å². The van der Waals surface area contributed by atoms with Crippen LogP contribution >= 0.6 is 11.6 Å². The van der Waals surface area contributed by atoms with Crippen molar-refractivity contribution in [2.45, 2.75) is 26.2 Å². The van der Waals surface area contributed by atoms with Gasteiger partial charge in [-0.15, -0.1) is 0 Å². The smallest absolute Gasteiger partial charge is 0.119 e. The minimum atomic E-state index is 0.759. The van der Waals surface area contributed by atoms with Crippen LogP contribution in [0.2, 0.25) is 5.02 Å². The number of nitrogens with one attached hydrogen (secondary N) is 1. The summed E-state index contributed by atoms with van der Waals surface area (Å²) in [6.45, 7) is 4.07. The maximum Gasteiger partial charge on any atom is 0.119 e. The topological polar surface area (TPSA) is 39.1 Å². The number of hydrogen-bond donors (Lipinski definition) is 1. The second-order valence-corrected chi connectivity index (χ2v) is 7.41. The van der Waals surface area contributed by atoms with Gasteiger partial charge in [-0.2, -0.15) is 5.10 Å². The van der Waals surface area contributed by atoms with Crippen molar-refractivity contribution in [3.63, 3.8) is 0 Å². The number of rotatable bonds is 4. The van der Waals surface area contributed by atoms with Crippen LogP contribution in [0.3, 0.4) is 0 Å². The fraction of sp³-hybridized carbons (Fsp3) is 0.318. The second kappa shape index (κ2) is 7.75. The van der Waals surface area contributed by atoms with Gasteiger partial charge < -0.3 is 10.1 Å². The molecule has 0 aliphatic carbocycles. The first-order valence-electron chi connectivity index (χ1n) is 9.35. The lowest BCUT2D eigenvalue weighted by Gasteiger charge is -2.15. The molecule has 2 aromatic carbocycles. The van der Waals surface area contributed by atoms with Gasteiger partial charge in [-0.25, -0.2) is 4.68 Å². The molecule has 0 saturated heterocycles. The zero-order valence-electron chi connectivity index (χ0n) is 15.8. The van der Waals surface area contributed by atoms with E-state index < -0.39 is 0 Å². The van der Waals surface area contributed by atoms with Gasteiger partial charge in [-0.05, 0) is 73.8 Å². The van der Waals surface area contributed by atoms with Crippen LogP contribution < -0.4 is 10.1 Å². The average molecular weight is 382 g/mol. The normalized spacial score (nSPS) is 13.9. The lowest BCUT2D eigenvalue weighted by Crippen LogP contribution is -2.16. The average Bonchev–Trinajstić information content (AvgIpc) is 2.88. The number of nitrogens with zero attached hydrogens (tertiary/aromatic N) is 2. The number of methoxy groups -OCH3 is 1. The second-order valence-electron chi connectivity index (χ2n) is 7.00. The van der Waals surface area contributed by atoms with E-state index in [0.717, 1.165) is 60.2 Å². The summed E-state index contributed by atoms with van der Waals surface area (Å²) in [5, 5.41) is 9.13. The van der Waals surface area contributed by atoms with Crippen molar-refractivity contribution in [2.75, 3.05) is 20.2 Å². The fourth-order valence-electron chi connectivity index (χ4n) is 3.80. The number of hydrogen-bond acceptors (Lipinski definition) is 3. The van der Waals surface area contributed by atoms with Crippen LogP contribution in [-0.4, -0.2) is 30.0 Å². The number of aryl methyl sites for hydroxylation is 1. The molecule has 0 radical (unpaired) electrons. The molecule has 1 aromatic heterocycles. The Morgan fingerprint density at radius 3 is 2.85 bits per heavy atom. The zero-order valence-corrected chi connectivity index (χ0v) is 16.5. The monoisotopic (exact) mass is 381 g/mol. The van der Waals surface area contributed by atoms with E-state index in [1.807, 2.05) is 22.9 Å². The molecule has 0 bridgehead atoms. The molecule has 4 nitrogen and oxygen atoms in total. The Kier molecular flexibility index (Phi) is 5.19. The number of fused-ring (bicyclic) bond motifs is 1. The minimum absolute atomic E-state index is 0.759. The Hall–Kier alpha value is -2.30.